The van der Waals surface area contributed by atoms with Gasteiger partial charge in [0, 0.05) is 38.8 Å². The van der Waals surface area contributed by atoms with Gasteiger partial charge in [0.25, 0.3) is 5.91 Å². The van der Waals surface area contributed by atoms with Crippen LogP contribution in [-0.4, -0.2) is 55.1 Å². The number of nitrogens with one attached hydrogen (secondary N) is 1. The lowest BCUT2D eigenvalue weighted by atomic mass is 10.1. The molecular weight excluding hydrogens is 352 g/mol. The van der Waals surface area contributed by atoms with Gasteiger partial charge in [-0.05, 0) is 55.8 Å². The molecule has 1 amide bonds. The molecule has 2 aliphatic rings. The molecule has 148 valence electrons. The Kier molecular flexibility index (Phi) is 5.48. The zero-order valence-electron chi connectivity index (χ0n) is 16.6. The lowest BCUT2D eigenvalue weighted by molar-refractivity contribution is -0.127. The molecule has 1 aromatic heterocycles. The van der Waals surface area contributed by atoms with Gasteiger partial charge in [-0.15, -0.1) is 0 Å². The average Bonchev–Trinajstić information content (AvgIpc) is 3.00. The second-order valence-electron chi connectivity index (χ2n) is 7.81. The molecule has 28 heavy (non-hydrogen) atoms. The van der Waals surface area contributed by atoms with Crippen LogP contribution in [0.2, 0.25) is 0 Å². The van der Waals surface area contributed by atoms with Crippen molar-refractivity contribution < 1.29 is 9.53 Å². The number of ether oxygens (including phenoxy) is 1. The van der Waals surface area contributed by atoms with E-state index >= 15 is 0 Å². The van der Waals surface area contributed by atoms with Crippen molar-refractivity contribution in [3.63, 3.8) is 0 Å². The normalized spacial score (nSPS) is 19.6. The summed E-state index contributed by atoms with van der Waals surface area (Å²) in [7, 11) is 2.16. The number of hydrogen-bond donors (Lipinski definition) is 1. The Morgan fingerprint density at radius 3 is 2.93 bits per heavy atom. The summed E-state index contributed by atoms with van der Waals surface area (Å²) in [6, 6.07) is 10.2. The van der Waals surface area contributed by atoms with E-state index in [0.717, 1.165) is 60.9 Å². The van der Waals surface area contributed by atoms with Crippen LogP contribution >= 0.6 is 0 Å². The molecule has 6 heteroatoms. The van der Waals surface area contributed by atoms with E-state index < -0.39 is 6.10 Å². The minimum absolute atomic E-state index is 0.0755. The molecule has 1 aromatic carbocycles. The smallest absolute Gasteiger partial charge is 0.261 e. The number of hydrogen-bond acceptors (Lipinski definition) is 5. The molecule has 0 bridgehead atoms. The maximum Gasteiger partial charge on any atom is 0.261 e. The van der Waals surface area contributed by atoms with Crippen LogP contribution in [0.1, 0.15) is 23.1 Å². The highest BCUT2D eigenvalue weighted by Gasteiger charge is 2.28. The number of amides is 1. The summed E-state index contributed by atoms with van der Waals surface area (Å²) >= 11 is 0. The topological polar surface area (TPSA) is 57.7 Å². The fourth-order valence-electron chi connectivity index (χ4n) is 3.77. The molecule has 1 unspecified atom stereocenters. The van der Waals surface area contributed by atoms with Crippen LogP contribution in [0.3, 0.4) is 0 Å². The van der Waals surface area contributed by atoms with Crippen molar-refractivity contribution in [3.8, 4) is 5.75 Å². The number of likely N-dealkylation sites (N-methyl/N-ethyl adjacent to an activating group) is 1. The molecule has 3 heterocycles. The number of aromatic nitrogens is 1. The Labute approximate surface area is 166 Å². The first-order valence-electron chi connectivity index (χ1n) is 10.0. The van der Waals surface area contributed by atoms with E-state index in [-0.39, 0.29) is 5.91 Å². The van der Waals surface area contributed by atoms with Gasteiger partial charge in [0.15, 0.2) is 6.10 Å². The summed E-state index contributed by atoms with van der Waals surface area (Å²) < 4.78 is 5.82. The molecule has 1 fully saturated rings. The molecule has 2 aromatic rings. The number of nitrogens with zero attached hydrogens (tertiary/aromatic N) is 3. The summed E-state index contributed by atoms with van der Waals surface area (Å²) in [5.41, 5.74) is 3.23. The standard InChI is InChI=1S/C22H28N4O2/c1-16-4-6-18-13-20(28-19(18)12-16)22(27)24-15-17-5-7-21(23-14-17)26-9-3-8-25(2)10-11-26/h4-7,12,14,20H,3,8-11,13,15H2,1-2H3,(H,24,27). The maximum absolute atomic E-state index is 12.5. The fraction of sp³-hybridized carbons (Fsp3) is 0.455. The van der Waals surface area contributed by atoms with Crippen molar-refractivity contribution in [2.45, 2.75) is 32.4 Å². The predicted molar refractivity (Wildman–Crippen MR) is 110 cm³/mol. The van der Waals surface area contributed by atoms with Gasteiger partial charge in [0.2, 0.25) is 0 Å². The number of pyridine rings is 1. The van der Waals surface area contributed by atoms with E-state index in [1.54, 1.807) is 0 Å². The van der Waals surface area contributed by atoms with Gasteiger partial charge in [-0.25, -0.2) is 4.98 Å². The van der Waals surface area contributed by atoms with Crippen molar-refractivity contribution in [2.75, 3.05) is 38.1 Å². The lowest BCUT2D eigenvalue weighted by Crippen LogP contribution is -2.37. The van der Waals surface area contributed by atoms with E-state index in [0.29, 0.717) is 13.0 Å². The van der Waals surface area contributed by atoms with Crippen molar-refractivity contribution in [3.05, 3.63) is 53.2 Å². The van der Waals surface area contributed by atoms with Gasteiger partial charge >= 0.3 is 0 Å². The number of carbonyl (C=O) groups is 1. The maximum atomic E-state index is 12.5. The van der Waals surface area contributed by atoms with E-state index in [2.05, 4.69) is 39.3 Å². The quantitative estimate of drug-likeness (QED) is 0.881. The second kappa shape index (κ2) is 8.19. The van der Waals surface area contributed by atoms with Gasteiger partial charge in [-0.3, -0.25) is 4.79 Å². The SMILES string of the molecule is Cc1ccc2c(c1)OC(C(=O)NCc1ccc(N3CCCN(C)CC3)nc1)C2. The number of carbonyl (C=O) groups excluding carboxylic acids is 1. The zero-order valence-corrected chi connectivity index (χ0v) is 16.6. The number of anilines is 1. The Balaban J connectivity index is 1.30. The minimum atomic E-state index is -0.446. The molecule has 0 saturated carbocycles. The van der Waals surface area contributed by atoms with E-state index in [1.807, 2.05) is 31.3 Å². The Morgan fingerprint density at radius 1 is 1.21 bits per heavy atom. The Hall–Kier alpha value is -2.60. The van der Waals surface area contributed by atoms with E-state index in [4.69, 9.17) is 4.74 Å². The third kappa shape index (κ3) is 4.28. The molecule has 0 radical (unpaired) electrons. The molecule has 4 rings (SSSR count). The molecule has 0 aliphatic carbocycles. The predicted octanol–water partition coefficient (Wildman–Crippen LogP) is 2.15. The van der Waals surface area contributed by atoms with Crippen molar-refractivity contribution in [1.82, 2.24) is 15.2 Å². The fourth-order valence-corrected chi connectivity index (χ4v) is 3.77. The van der Waals surface area contributed by atoms with Crippen LogP contribution in [0.4, 0.5) is 5.82 Å². The number of fused-ring (bicyclic) bond motifs is 1. The molecule has 2 aliphatic heterocycles. The number of aryl methyl sites for hydroxylation is 1. The molecule has 1 saturated heterocycles. The molecule has 1 N–H and O–H groups in total. The highest BCUT2D eigenvalue weighted by atomic mass is 16.5. The first kappa shape index (κ1) is 18.7. The van der Waals surface area contributed by atoms with Crippen LogP contribution in [-0.2, 0) is 17.8 Å². The summed E-state index contributed by atoms with van der Waals surface area (Å²) in [5.74, 6) is 1.76. The van der Waals surface area contributed by atoms with Crippen molar-refractivity contribution in [1.29, 1.82) is 0 Å². The monoisotopic (exact) mass is 380 g/mol. The third-order valence-electron chi connectivity index (χ3n) is 5.51. The van der Waals surface area contributed by atoms with Gasteiger partial charge in [-0.2, -0.15) is 0 Å². The van der Waals surface area contributed by atoms with Gasteiger partial charge in [0.1, 0.15) is 11.6 Å². The number of rotatable bonds is 4. The van der Waals surface area contributed by atoms with Gasteiger partial charge in [0.05, 0.1) is 0 Å². The van der Waals surface area contributed by atoms with E-state index in [1.165, 1.54) is 0 Å². The van der Waals surface area contributed by atoms with Gasteiger partial charge in [-0.1, -0.05) is 18.2 Å². The van der Waals surface area contributed by atoms with Crippen molar-refractivity contribution >= 4 is 11.7 Å². The van der Waals surface area contributed by atoms with E-state index in [9.17, 15) is 4.79 Å². The number of benzene rings is 1. The highest BCUT2D eigenvalue weighted by Crippen LogP contribution is 2.29. The van der Waals surface area contributed by atoms with Crippen LogP contribution in [0, 0.1) is 6.92 Å². The molecule has 6 nitrogen and oxygen atoms in total. The van der Waals surface area contributed by atoms with Crippen LogP contribution in [0.5, 0.6) is 5.75 Å². The minimum Gasteiger partial charge on any atom is -0.480 e. The first-order valence-corrected chi connectivity index (χ1v) is 10.0. The summed E-state index contributed by atoms with van der Waals surface area (Å²) in [5, 5.41) is 2.98. The Bertz CT molecular complexity index is 837. The average molecular weight is 380 g/mol. The van der Waals surface area contributed by atoms with Gasteiger partial charge < -0.3 is 19.9 Å². The largest absolute Gasteiger partial charge is 0.480 e. The first-order chi connectivity index (χ1) is 13.6. The molecule has 0 spiro atoms. The second-order valence-corrected chi connectivity index (χ2v) is 7.81. The van der Waals surface area contributed by atoms with Crippen LogP contribution < -0.4 is 15.0 Å². The van der Waals surface area contributed by atoms with Crippen LogP contribution in [0.25, 0.3) is 0 Å². The van der Waals surface area contributed by atoms with Crippen LogP contribution in [0.15, 0.2) is 36.5 Å². The summed E-state index contributed by atoms with van der Waals surface area (Å²) in [6.07, 6.45) is 3.19. The molecule has 1 atom stereocenters. The lowest BCUT2D eigenvalue weighted by Gasteiger charge is -2.21. The summed E-state index contributed by atoms with van der Waals surface area (Å²) in [4.78, 5) is 21.8. The summed E-state index contributed by atoms with van der Waals surface area (Å²) in [6.45, 7) is 6.71. The Morgan fingerprint density at radius 2 is 2.11 bits per heavy atom. The zero-order chi connectivity index (χ0) is 19.5. The third-order valence-corrected chi connectivity index (χ3v) is 5.51. The highest BCUT2D eigenvalue weighted by molar-refractivity contribution is 5.82. The van der Waals surface area contributed by atoms with Crippen molar-refractivity contribution in [2.24, 2.45) is 0 Å². The molecular formula is C22H28N4O2.